The van der Waals surface area contributed by atoms with Crippen molar-refractivity contribution in [1.29, 1.82) is 0 Å². The molecule has 11 heteroatoms. The molecular formula is C13H12BrN5O4S. The standard InChI is InChI=1S/C13H12BrN5O4S/c1-24(21,22)23-13-18-11(10-12(19-13)17-6-16-10)15-5-7-2-3-8(14)4-9(7)20/h2-4,6,20H,5H2,1H3,(H2,15,16,17,18,19). The molecule has 3 N–H and O–H groups in total. The van der Waals surface area contributed by atoms with Gasteiger partial charge in [0, 0.05) is 16.6 Å². The van der Waals surface area contributed by atoms with Crippen LogP contribution in [0.15, 0.2) is 29.0 Å². The summed E-state index contributed by atoms with van der Waals surface area (Å²) in [4.78, 5) is 14.8. The highest BCUT2D eigenvalue weighted by atomic mass is 79.9. The summed E-state index contributed by atoms with van der Waals surface area (Å²) in [6.07, 6.45) is 2.31. The molecule has 0 bridgehead atoms. The third-order valence-corrected chi connectivity index (χ3v) is 3.93. The Balaban J connectivity index is 1.91. The van der Waals surface area contributed by atoms with Crippen molar-refractivity contribution < 1.29 is 17.7 Å². The fourth-order valence-corrected chi connectivity index (χ4v) is 2.67. The molecule has 0 aliphatic heterocycles. The smallest absolute Gasteiger partial charge is 0.337 e. The topological polar surface area (TPSA) is 130 Å². The molecule has 0 fully saturated rings. The van der Waals surface area contributed by atoms with E-state index in [9.17, 15) is 13.5 Å². The number of nitrogens with zero attached hydrogens (tertiary/aromatic N) is 3. The number of hydrogen-bond donors (Lipinski definition) is 3. The number of aromatic hydroxyl groups is 1. The van der Waals surface area contributed by atoms with Crippen LogP contribution in [0.3, 0.4) is 0 Å². The maximum Gasteiger partial charge on any atom is 0.337 e. The Morgan fingerprint density at radius 3 is 2.88 bits per heavy atom. The Labute approximate surface area is 145 Å². The summed E-state index contributed by atoms with van der Waals surface area (Å²) in [7, 11) is -3.76. The van der Waals surface area contributed by atoms with Crippen molar-refractivity contribution in [1.82, 2.24) is 19.9 Å². The maximum absolute atomic E-state index is 11.3. The first kappa shape index (κ1) is 16.5. The van der Waals surface area contributed by atoms with Crippen molar-refractivity contribution in [3.05, 3.63) is 34.6 Å². The number of anilines is 1. The molecule has 0 saturated carbocycles. The van der Waals surface area contributed by atoms with Gasteiger partial charge in [-0.25, -0.2) is 4.98 Å². The van der Waals surface area contributed by atoms with Crippen molar-refractivity contribution >= 4 is 43.0 Å². The molecule has 0 amide bonds. The molecule has 0 spiro atoms. The van der Waals surface area contributed by atoms with E-state index < -0.39 is 10.1 Å². The summed E-state index contributed by atoms with van der Waals surface area (Å²) >= 11 is 3.27. The second-order valence-electron chi connectivity index (χ2n) is 4.87. The van der Waals surface area contributed by atoms with Gasteiger partial charge in [0.05, 0.1) is 12.6 Å². The molecule has 24 heavy (non-hydrogen) atoms. The Bertz CT molecular complexity index is 1000. The minimum absolute atomic E-state index is 0.111. The molecule has 0 atom stereocenters. The summed E-state index contributed by atoms with van der Waals surface area (Å²) < 4.78 is 28.0. The number of rotatable bonds is 5. The van der Waals surface area contributed by atoms with Crippen LogP contribution >= 0.6 is 15.9 Å². The zero-order chi connectivity index (χ0) is 17.3. The van der Waals surface area contributed by atoms with Gasteiger partial charge in [-0.1, -0.05) is 22.0 Å². The lowest BCUT2D eigenvalue weighted by atomic mass is 10.2. The molecule has 2 heterocycles. The molecule has 3 rings (SSSR count). The number of imidazole rings is 1. The second kappa shape index (κ2) is 6.24. The maximum atomic E-state index is 11.3. The van der Waals surface area contributed by atoms with Gasteiger partial charge in [-0.05, 0) is 12.1 Å². The van der Waals surface area contributed by atoms with E-state index in [1.807, 2.05) is 0 Å². The summed E-state index contributed by atoms with van der Waals surface area (Å²) in [5.41, 5.74) is 1.38. The monoisotopic (exact) mass is 413 g/mol. The van der Waals surface area contributed by atoms with Gasteiger partial charge in [-0.3, -0.25) is 0 Å². The predicted octanol–water partition coefficient (Wildman–Crippen LogP) is 1.77. The van der Waals surface area contributed by atoms with Crippen LogP contribution in [0.25, 0.3) is 11.2 Å². The fourth-order valence-electron chi connectivity index (χ4n) is 1.98. The average molecular weight is 414 g/mol. The van der Waals surface area contributed by atoms with E-state index in [1.54, 1.807) is 18.2 Å². The summed E-state index contributed by atoms with van der Waals surface area (Å²) in [5.74, 6) is 0.415. The predicted molar refractivity (Wildman–Crippen MR) is 90.3 cm³/mol. The van der Waals surface area contributed by atoms with Gasteiger partial charge in [-0.2, -0.15) is 18.4 Å². The molecule has 3 aromatic rings. The quantitative estimate of drug-likeness (QED) is 0.539. The van der Waals surface area contributed by atoms with E-state index in [0.29, 0.717) is 16.9 Å². The molecule has 0 saturated heterocycles. The van der Waals surface area contributed by atoms with E-state index >= 15 is 0 Å². The highest BCUT2D eigenvalue weighted by Gasteiger charge is 2.14. The molecule has 0 aliphatic rings. The number of fused-ring (bicyclic) bond motifs is 1. The fraction of sp³-hybridized carbons (Fsp3) is 0.154. The first-order valence-electron chi connectivity index (χ1n) is 6.64. The minimum atomic E-state index is -3.76. The van der Waals surface area contributed by atoms with Crippen LogP contribution in [-0.2, 0) is 16.7 Å². The summed E-state index contributed by atoms with van der Waals surface area (Å²) in [6.45, 7) is 0.253. The zero-order valence-corrected chi connectivity index (χ0v) is 14.7. The number of halogens is 1. The summed E-state index contributed by atoms with van der Waals surface area (Å²) in [6, 6.07) is 4.77. The number of benzene rings is 1. The lowest BCUT2D eigenvalue weighted by Gasteiger charge is -2.09. The molecule has 2 aromatic heterocycles. The van der Waals surface area contributed by atoms with Gasteiger partial charge in [0.25, 0.3) is 0 Å². The minimum Gasteiger partial charge on any atom is -0.508 e. The molecule has 0 unspecified atom stereocenters. The third kappa shape index (κ3) is 3.74. The number of phenolic OH excluding ortho intramolecular Hbond substituents is 1. The van der Waals surface area contributed by atoms with E-state index in [4.69, 9.17) is 4.18 Å². The Hall–Kier alpha value is -2.40. The molecule has 126 valence electrons. The molecule has 1 aromatic carbocycles. The Morgan fingerprint density at radius 2 is 2.17 bits per heavy atom. The van der Waals surface area contributed by atoms with E-state index in [0.717, 1.165) is 10.7 Å². The first-order valence-corrected chi connectivity index (χ1v) is 9.24. The molecule has 0 radical (unpaired) electrons. The highest BCUT2D eigenvalue weighted by molar-refractivity contribution is 9.10. The first-order chi connectivity index (χ1) is 11.3. The second-order valence-corrected chi connectivity index (χ2v) is 7.36. The SMILES string of the molecule is CS(=O)(=O)Oc1nc(NCc2ccc(Br)cc2O)c2[nH]cnc2n1. The van der Waals surface area contributed by atoms with Crippen LogP contribution in [0.2, 0.25) is 0 Å². The normalized spacial score (nSPS) is 11.6. The van der Waals surface area contributed by atoms with Crippen LogP contribution < -0.4 is 9.50 Å². The number of aromatic nitrogens is 4. The van der Waals surface area contributed by atoms with Crippen molar-refractivity contribution in [2.24, 2.45) is 0 Å². The summed E-state index contributed by atoms with van der Waals surface area (Å²) in [5, 5.41) is 12.9. The van der Waals surface area contributed by atoms with E-state index in [-0.39, 0.29) is 24.0 Å². The molecule has 0 aliphatic carbocycles. The van der Waals surface area contributed by atoms with Gasteiger partial charge >= 0.3 is 16.1 Å². The number of phenols is 1. The van der Waals surface area contributed by atoms with Crippen molar-refractivity contribution in [3.8, 4) is 11.8 Å². The number of hydrogen-bond acceptors (Lipinski definition) is 8. The number of H-pyrrole nitrogens is 1. The molecule has 9 nitrogen and oxygen atoms in total. The number of nitrogens with one attached hydrogen (secondary N) is 2. The number of aromatic amines is 1. The van der Waals surface area contributed by atoms with Crippen molar-refractivity contribution in [2.75, 3.05) is 11.6 Å². The van der Waals surface area contributed by atoms with Crippen LogP contribution in [0, 0.1) is 0 Å². The average Bonchev–Trinajstić information content (AvgIpc) is 2.92. The zero-order valence-electron chi connectivity index (χ0n) is 12.3. The third-order valence-electron chi connectivity index (χ3n) is 2.98. The van der Waals surface area contributed by atoms with Crippen molar-refractivity contribution in [3.63, 3.8) is 0 Å². The van der Waals surface area contributed by atoms with Crippen LogP contribution in [-0.4, -0.2) is 39.7 Å². The lowest BCUT2D eigenvalue weighted by molar-refractivity contribution is 0.468. The van der Waals surface area contributed by atoms with E-state index in [1.165, 1.54) is 6.33 Å². The lowest BCUT2D eigenvalue weighted by Crippen LogP contribution is -2.10. The van der Waals surface area contributed by atoms with Crippen LogP contribution in [0.4, 0.5) is 5.82 Å². The largest absolute Gasteiger partial charge is 0.508 e. The Morgan fingerprint density at radius 1 is 1.38 bits per heavy atom. The van der Waals surface area contributed by atoms with Gasteiger partial charge < -0.3 is 19.6 Å². The van der Waals surface area contributed by atoms with Crippen LogP contribution in [0.1, 0.15) is 5.56 Å². The molecular weight excluding hydrogens is 402 g/mol. The Kier molecular flexibility index (Phi) is 4.28. The highest BCUT2D eigenvalue weighted by Crippen LogP contribution is 2.25. The van der Waals surface area contributed by atoms with E-state index in [2.05, 4.69) is 41.2 Å². The van der Waals surface area contributed by atoms with Gasteiger partial charge in [-0.15, -0.1) is 0 Å². The van der Waals surface area contributed by atoms with Gasteiger partial charge in [0.1, 0.15) is 11.3 Å². The van der Waals surface area contributed by atoms with Gasteiger partial charge in [0.2, 0.25) is 0 Å². The van der Waals surface area contributed by atoms with Gasteiger partial charge in [0.15, 0.2) is 11.5 Å². The van der Waals surface area contributed by atoms with Crippen LogP contribution in [0.5, 0.6) is 11.8 Å². The van der Waals surface area contributed by atoms with Crippen molar-refractivity contribution in [2.45, 2.75) is 6.54 Å².